The third-order valence-electron chi connectivity index (χ3n) is 1.40. The van der Waals surface area contributed by atoms with Gasteiger partial charge >= 0.3 is 0 Å². The fourth-order valence-corrected chi connectivity index (χ4v) is 2.52. The lowest BCUT2D eigenvalue weighted by Crippen LogP contribution is -2.29. The third kappa shape index (κ3) is 2.12. The van der Waals surface area contributed by atoms with Gasteiger partial charge in [-0.1, -0.05) is 0 Å². The first-order valence-electron chi connectivity index (χ1n) is 3.56. The summed E-state index contributed by atoms with van der Waals surface area (Å²) in [7, 11) is -2.44. The Morgan fingerprint density at radius 3 is 2.20 bits per heavy atom. The van der Waals surface area contributed by atoms with Crippen LogP contribution < -0.4 is 4.72 Å². The zero-order valence-electron chi connectivity index (χ0n) is 6.37. The summed E-state index contributed by atoms with van der Waals surface area (Å²) in [6, 6.07) is 0.158. The Morgan fingerprint density at radius 2 is 1.90 bits per heavy atom. The molecule has 0 unspecified atom stereocenters. The highest BCUT2D eigenvalue weighted by molar-refractivity contribution is 8.23. The highest BCUT2D eigenvalue weighted by Crippen LogP contribution is 2.52. The van der Waals surface area contributed by atoms with Crippen molar-refractivity contribution >= 4 is 10.8 Å². The van der Waals surface area contributed by atoms with Crippen molar-refractivity contribution in [2.75, 3.05) is 0 Å². The lowest BCUT2D eigenvalue weighted by molar-refractivity contribution is 0.459. The van der Waals surface area contributed by atoms with Gasteiger partial charge < -0.3 is 0 Å². The van der Waals surface area contributed by atoms with Crippen molar-refractivity contribution in [3.05, 3.63) is 0 Å². The van der Waals surface area contributed by atoms with Gasteiger partial charge in [-0.25, -0.2) is 4.72 Å². The largest absolute Gasteiger partial charge is 0.285 e. The molecular weight excluding hydrogens is 150 g/mol. The van der Waals surface area contributed by atoms with Crippen molar-refractivity contribution in [2.45, 2.75) is 38.0 Å². The van der Waals surface area contributed by atoms with Crippen LogP contribution in [0.25, 0.3) is 0 Å². The molecule has 0 aromatic heterocycles. The molecule has 0 aromatic carbocycles. The standard InChI is InChI=1S/C6H15NO2S/c1-5(2)7-10(8,9)6-3-4-6/h5-9H,3-4H2,1-2H3. The van der Waals surface area contributed by atoms with Gasteiger partial charge in [0.2, 0.25) is 0 Å². The van der Waals surface area contributed by atoms with E-state index in [4.69, 9.17) is 0 Å². The zero-order valence-corrected chi connectivity index (χ0v) is 7.19. The van der Waals surface area contributed by atoms with Crippen LogP contribution in [0.4, 0.5) is 0 Å². The average Bonchev–Trinajstić information content (AvgIpc) is 2.35. The SMILES string of the molecule is CC(C)NS(O)(O)C1CC1. The number of rotatable bonds is 3. The second-order valence-electron chi connectivity index (χ2n) is 3.06. The van der Waals surface area contributed by atoms with Crippen LogP contribution in [-0.4, -0.2) is 20.4 Å². The van der Waals surface area contributed by atoms with Crippen LogP contribution in [0.3, 0.4) is 0 Å². The van der Waals surface area contributed by atoms with Crippen LogP contribution in [0.5, 0.6) is 0 Å². The van der Waals surface area contributed by atoms with Gasteiger partial charge in [-0.3, -0.25) is 9.11 Å². The maximum Gasteiger partial charge on any atom is 0.0639 e. The Bertz CT molecular complexity index is 123. The lowest BCUT2D eigenvalue weighted by atomic mass is 10.4. The fourth-order valence-electron chi connectivity index (χ4n) is 0.840. The van der Waals surface area contributed by atoms with E-state index in [1.54, 1.807) is 0 Å². The minimum absolute atomic E-state index is 0.134. The summed E-state index contributed by atoms with van der Waals surface area (Å²) in [5.41, 5.74) is 0. The first-order chi connectivity index (χ1) is 4.52. The first-order valence-corrected chi connectivity index (χ1v) is 5.17. The Kier molecular flexibility index (Phi) is 2.24. The monoisotopic (exact) mass is 165 g/mol. The summed E-state index contributed by atoms with van der Waals surface area (Å²) in [6.07, 6.45) is 1.92. The summed E-state index contributed by atoms with van der Waals surface area (Å²) in [5, 5.41) is 0.134. The van der Waals surface area contributed by atoms with Crippen molar-refractivity contribution in [1.29, 1.82) is 0 Å². The maximum absolute atomic E-state index is 9.35. The molecule has 1 aliphatic carbocycles. The van der Waals surface area contributed by atoms with E-state index in [2.05, 4.69) is 4.72 Å². The number of nitrogens with one attached hydrogen (secondary N) is 1. The predicted octanol–water partition coefficient (Wildman–Crippen LogP) is 1.81. The van der Waals surface area contributed by atoms with Crippen LogP contribution in [0.15, 0.2) is 0 Å². The summed E-state index contributed by atoms with van der Waals surface area (Å²) in [4.78, 5) is 0. The highest BCUT2D eigenvalue weighted by atomic mass is 32.3. The summed E-state index contributed by atoms with van der Waals surface area (Å²) < 4.78 is 21.5. The van der Waals surface area contributed by atoms with Crippen molar-refractivity contribution in [1.82, 2.24) is 4.72 Å². The molecular formula is C6H15NO2S. The Hall–Kier alpha value is 0.230. The first kappa shape index (κ1) is 8.33. The van der Waals surface area contributed by atoms with Gasteiger partial charge in [0.25, 0.3) is 0 Å². The van der Waals surface area contributed by atoms with Crippen LogP contribution in [0.1, 0.15) is 26.7 Å². The molecule has 10 heavy (non-hydrogen) atoms. The van der Waals surface area contributed by atoms with Crippen molar-refractivity contribution in [2.24, 2.45) is 0 Å². The lowest BCUT2D eigenvalue weighted by Gasteiger charge is -2.34. The van der Waals surface area contributed by atoms with E-state index in [1.165, 1.54) is 0 Å². The summed E-state index contributed by atoms with van der Waals surface area (Å²) in [5.74, 6) is 0. The smallest absolute Gasteiger partial charge is 0.0639 e. The van der Waals surface area contributed by atoms with Gasteiger partial charge in [0, 0.05) is 6.04 Å². The molecule has 1 saturated carbocycles. The molecule has 0 aliphatic heterocycles. The molecule has 0 radical (unpaired) electrons. The van der Waals surface area contributed by atoms with E-state index in [0.29, 0.717) is 0 Å². The molecule has 1 aliphatic rings. The zero-order chi connectivity index (χ0) is 7.78. The van der Waals surface area contributed by atoms with Crippen LogP contribution in [0.2, 0.25) is 0 Å². The van der Waals surface area contributed by atoms with Gasteiger partial charge in [-0.05, 0) is 26.7 Å². The molecule has 0 atom stereocenters. The van der Waals surface area contributed by atoms with Gasteiger partial charge in [0.05, 0.1) is 5.25 Å². The van der Waals surface area contributed by atoms with E-state index in [0.717, 1.165) is 12.8 Å². The number of hydrogen-bond acceptors (Lipinski definition) is 3. The second kappa shape index (κ2) is 2.70. The molecule has 0 spiro atoms. The van der Waals surface area contributed by atoms with Crippen molar-refractivity contribution < 1.29 is 9.11 Å². The van der Waals surface area contributed by atoms with Crippen LogP contribution in [-0.2, 0) is 0 Å². The Labute approximate surface area is 63.3 Å². The molecule has 0 amide bonds. The molecule has 0 saturated heterocycles. The minimum atomic E-state index is -2.44. The molecule has 1 rings (SSSR count). The maximum atomic E-state index is 9.35. The average molecular weight is 165 g/mol. The van der Waals surface area contributed by atoms with E-state index in [-0.39, 0.29) is 11.3 Å². The van der Waals surface area contributed by atoms with Gasteiger partial charge in [-0.15, -0.1) is 10.8 Å². The number of hydrogen-bond donors (Lipinski definition) is 3. The van der Waals surface area contributed by atoms with Crippen molar-refractivity contribution in [3.63, 3.8) is 0 Å². The van der Waals surface area contributed by atoms with Gasteiger partial charge in [0.1, 0.15) is 0 Å². The molecule has 3 N–H and O–H groups in total. The summed E-state index contributed by atoms with van der Waals surface area (Å²) >= 11 is 0. The van der Waals surface area contributed by atoms with E-state index < -0.39 is 10.8 Å². The van der Waals surface area contributed by atoms with E-state index in [9.17, 15) is 9.11 Å². The van der Waals surface area contributed by atoms with Gasteiger partial charge in [-0.2, -0.15) is 0 Å². The van der Waals surface area contributed by atoms with Crippen LogP contribution >= 0.6 is 10.8 Å². The second-order valence-corrected chi connectivity index (χ2v) is 5.15. The van der Waals surface area contributed by atoms with Crippen LogP contribution in [0, 0.1) is 0 Å². The molecule has 0 aromatic rings. The highest BCUT2D eigenvalue weighted by Gasteiger charge is 2.35. The minimum Gasteiger partial charge on any atom is -0.285 e. The Morgan fingerprint density at radius 1 is 1.40 bits per heavy atom. The molecule has 62 valence electrons. The van der Waals surface area contributed by atoms with Crippen molar-refractivity contribution in [3.8, 4) is 0 Å². The topological polar surface area (TPSA) is 52.5 Å². The molecule has 1 fully saturated rings. The summed E-state index contributed by atoms with van der Waals surface area (Å²) in [6.45, 7) is 3.83. The fraction of sp³-hybridized carbons (Fsp3) is 1.00. The van der Waals surface area contributed by atoms with Gasteiger partial charge in [0.15, 0.2) is 0 Å². The predicted molar refractivity (Wildman–Crippen MR) is 44.1 cm³/mol. The van der Waals surface area contributed by atoms with E-state index in [1.807, 2.05) is 13.8 Å². The molecule has 0 bridgehead atoms. The normalized spacial score (nSPS) is 21.7. The molecule has 0 heterocycles. The Balaban J connectivity index is 2.34. The molecule has 3 nitrogen and oxygen atoms in total. The molecule has 4 heteroatoms. The quantitative estimate of drug-likeness (QED) is 0.598. The third-order valence-corrected chi connectivity index (χ3v) is 3.62. The van der Waals surface area contributed by atoms with E-state index >= 15 is 0 Å².